The van der Waals surface area contributed by atoms with Gasteiger partial charge in [-0.05, 0) is 62.6 Å². The number of amides is 1. The Labute approximate surface area is 147 Å². The molecule has 0 aromatic heterocycles. The van der Waals surface area contributed by atoms with E-state index in [1.54, 1.807) is 14.2 Å². The van der Waals surface area contributed by atoms with Gasteiger partial charge < -0.3 is 14.6 Å². The van der Waals surface area contributed by atoms with Crippen molar-refractivity contribution in [3.05, 3.63) is 41.0 Å². The number of carbonyl (C=O) groups is 1. The summed E-state index contributed by atoms with van der Waals surface area (Å²) < 4.78 is 11.6. The topological polar surface area (TPSA) is 59.0 Å². The van der Waals surface area contributed by atoms with E-state index >= 15 is 0 Å². The van der Waals surface area contributed by atoms with Crippen molar-refractivity contribution >= 4 is 11.8 Å². The van der Waals surface area contributed by atoms with Crippen molar-refractivity contribution in [2.24, 2.45) is 0 Å². The van der Waals surface area contributed by atoms with E-state index in [-0.39, 0.29) is 0 Å². The number of hydrogen-bond acceptors (Lipinski definition) is 3. The third-order valence-corrected chi connectivity index (χ3v) is 4.79. The van der Waals surface area contributed by atoms with Gasteiger partial charge in [-0.3, -0.25) is 4.90 Å². The van der Waals surface area contributed by atoms with E-state index in [1.165, 1.54) is 4.90 Å². The number of benzene rings is 2. The molecule has 0 unspecified atom stereocenters. The summed E-state index contributed by atoms with van der Waals surface area (Å²) in [7, 11) is 3.20. The molecular formula is C20H23NO4. The monoisotopic (exact) mass is 341 g/mol. The molecule has 2 aromatic carbocycles. The van der Waals surface area contributed by atoms with E-state index in [4.69, 9.17) is 9.47 Å². The number of carboxylic acid groups (broad SMARTS) is 1. The largest absolute Gasteiger partial charge is 0.496 e. The third kappa shape index (κ3) is 2.69. The quantitative estimate of drug-likeness (QED) is 0.858. The van der Waals surface area contributed by atoms with Crippen LogP contribution in [0.3, 0.4) is 0 Å². The minimum absolute atomic E-state index is 0.579. The number of nitrogens with zero attached hydrogens (tertiary/aromatic N) is 1. The fraction of sp³-hybridized carbons (Fsp3) is 0.350. The van der Waals surface area contributed by atoms with Gasteiger partial charge in [-0.2, -0.15) is 0 Å². The molecule has 0 bridgehead atoms. The van der Waals surface area contributed by atoms with Crippen LogP contribution in [0.1, 0.15) is 30.5 Å². The minimum atomic E-state index is -0.987. The summed E-state index contributed by atoms with van der Waals surface area (Å²) in [6, 6.07) is 7.94. The van der Waals surface area contributed by atoms with E-state index in [1.807, 2.05) is 45.9 Å². The smallest absolute Gasteiger partial charge is 0.411 e. The lowest BCUT2D eigenvalue weighted by molar-refractivity contribution is 0.105. The summed E-state index contributed by atoms with van der Waals surface area (Å²) in [5.74, 6) is 1.57. The molecule has 0 radical (unpaired) electrons. The van der Waals surface area contributed by atoms with Crippen molar-refractivity contribution in [1.29, 1.82) is 0 Å². The molecule has 0 saturated carbocycles. The van der Waals surface area contributed by atoms with Crippen molar-refractivity contribution in [2.45, 2.75) is 33.3 Å². The molecule has 0 fully saturated rings. The van der Waals surface area contributed by atoms with Gasteiger partial charge in [0.2, 0.25) is 0 Å². The first-order valence-corrected chi connectivity index (χ1v) is 8.15. The molecule has 0 saturated heterocycles. The van der Waals surface area contributed by atoms with E-state index in [0.717, 1.165) is 39.3 Å². The maximum Gasteiger partial charge on any atom is 0.411 e. The molecule has 25 heavy (non-hydrogen) atoms. The minimum Gasteiger partial charge on any atom is -0.496 e. The lowest BCUT2D eigenvalue weighted by Crippen LogP contribution is -2.31. The van der Waals surface area contributed by atoms with Crippen molar-refractivity contribution in [1.82, 2.24) is 0 Å². The van der Waals surface area contributed by atoms with E-state index in [2.05, 4.69) is 6.07 Å². The maximum absolute atomic E-state index is 11.4. The van der Waals surface area contributed by atoms with Crippen LogP contribution in [0.15, 0.2) is 24.3 Å². The van der Waals surface area contributed by atoms with E-state index in [9.17, 15) is 9.90 Å². The Morgan fingerprint density at radius 3 is 2.36 bits per heavy atom. The van der Waals surface area contributed by atoms with Crippen LogP contribution in [0.5, 0.6) is 11.5 Å². The zero-order chi connectivity index (χ0) is 18.5. The molecule has 1 amide bonds. The molecule has 132 valence electrons. The maximum atomic E-state index is 11.4. The number of anilines is 1. The predicted molar refractivity (Wildman–Crippen MR) is 98.0 cm³/mol. The second kappa shape index (κ2) is 5.69. The SMILES string of the molecule is COc1cc2c(cc1C)-c1cc(C)c(N(C)C(=O)O)cc1C(C)(C)O2. The molecule has 1 aliphatic rings. The number of methoxy groups -OCH3 is 1. The molecule has 1 aliphatic heterocycles. The highest BCUT2D eigenvalue weighted by atomic mass is 16.5. The highest BCUT2D eigenvalue weighted by Crippen LogP contribution is 2.48. The van der Waals surface area contributed by atoms with Crippen LogP contribution in [0.25, 0.3) is 11.1 Å². The van der Waals surface area contributed by atoms with Gasteiger partial charge in [-0.25, -0.2) is 4.79 Å². The third-order valence-electron chi connectivity index (χ3n) is 4.79. The van der Waals surface area contributed by atoms with Crippen LogP contribution in [0, 0.1) is 13.8 Å². The van der Waals surface area contributed by atoms with E-state index in [0.29, 0.717) is 5.69 Å². The predicted octanol–water partition coefficient (Wildman–Crippen LogP) is 4.72. The lowest BCUT2D eigenvalue weighted by Gasteiger charge is -2.36. The van der Waals surface area contributed by atoms with Gasteiger partial charge in [0.25, 0.3) is 0 Å². The van der Waals surface area contributed by atoms with Crippen molar-refractivity contribution < 1.29 is 19.4 Å². The summed E-state index contributed by atoms with van der Waals surface area (Å²) >= 11 is 0. The number of hydrogen-bond donors (Lipinski definition) is 1. The van der Waals surface area contributed by atoms with Gasteiger partial charge in [0.05, 0.1) is 12.8 Å². The molecule has 1 N–H and O–H groups in total. The van der Waals surface area contributed by atoms with Gasteiger partial charge in [0.15, 0.2) is 0 Å². The van der Waals surface area contributed by atoms with Gasteiger partial charge in [-0.1, -0.05) is 0 Å². The Bertz CT molecular complexity index is 870. The number of ether oxygens (including phenoxy) is 2. The molecule has 5 nitrogen and oxygen atoms in total. The molecule has 2 aromatic rings. The molecule has 0 atom stereocenters. The molecule has 3 rings (SSSR count). The zero-order valence-electron chi connectivity index (χ0n) is 15.4. The van der Waals surface area contributed by atoms with Gasteiger partial charge >= 0.3 is 6.09 Å². The average molecular weight is 341 g/mol. The molecule has 0 aliphatic carbocycles. The van der Waals surface area contributed by atoms with E-state index < -0.39 is 11.7 Å². The number of fused-ring (bicyclic) bond motifs is 3. The van der Waals surface area contributed by atoms with Crippen LogP contribution >= 0.6 is 0 Å². The van der Waals surface area contributed by atoms with Crippen molar-refractivity contribution in [2.75, 3.05) is 19.1 Å². The second-order valence-corrected chi connectivity index (χ2v) is 6.96. The highest BCUT2D eigenvalue weighted by molar-refractivity contribution is 5.89. The van der Waals surface area contributed by atoms with Crippen LogP contribution in [0.4, 0.5) is 10.5 Å². The first kappa shape index (κ1) is 17.1. The van der Waals surface area contributed by atoms with Crippen molar-refractivity contribution in [3.63, 3.8) is 0 Å². The molecule has 5 heteroatoms. The lowest BCUT2D eigenvalue weighted by atomic mass is 9.84. The Morgan fingerprint density at radius 1 is 1.12 bits per heavy atom. The van der Waals surface area contributed by atoms with Gasteiger partial charge in [-0.15, -0.1) is 0 Å². The normalized spacial score (nSPS) is 14.2. The van der Waals surface area contributed by atoms with Crippen LogP contribution in [0.2, 0.25) is 0 Å². The molecule has 1 heterocycles. The summed E-state index contributed by atoms with van der Waals surface area (Å²) in [6.07, 6.45) is -0.987. The number of rotatable bonds is 2. The Kier molecular flexibility index (Phi) is 3.90. The highest BCUT2D eigenvalue weighted by Gasteiger charge is 2.34. The zero-order valence-corrected chi connectivity index (χ0v) is 15.4. The first-order valence-electron chi connectivity index (χ1n) is 8.15. The van der Waals surface area contributed by atoms with Crippen LogP contribution in [-0.4, -0.2) is 25.4 Å². The summed E-state index contributed by atoms with van der Waals surface area (Å²) in [4.78, 5) is 12.6. The standard InChI is InChI=1S/C20H23NO4/c1-11-7-13-14-8-12(2)17(24-6)10-18(14)25-20(3,4)15(13)9-16(11)21(5)19(22)23/h7-10H,1-6H3,(H,22,23). The molecule has 0 spiro atoms. The van der Waals surface area contributed by atoms with Gasteiger partial charge in [0.1, 0.15) is 17.1 Å². The first-order chi connectivity index (χ1) is 11.7. The molecular weight excluding hydrogens is 318 g/mol. The second-order valence-electron chi connectivity index (χ2n) is 6.96. The fourth-order valence-electron chi connectivity index (χ4n) is 3.40. The van der Waals surface area contributed by atoms with Gasteiger partial charge in [0, 0.05) is 24.2 Å². The average Bonchev–Trinajstić information content (AvgIpc) is 2.53. The summed E-state index contributed by atoms with van der Waals surface area (Å²) in [5, 5.41) is 9.33. The Balaban J connectivity index is 2.27. The summed E-state index contributed by atoms with van der Waals surface area (Å²) in [6.45, 7) is 7.90. The van der Waals surface area contributed by atoms with Crippen LogP contribution in [-0.2, 0) is 5.60 Å². The van der Waals surface area contributed by atoms with Crippen molar-refractivity contribution in [3.8, 4) is 22.6 Å². The number of aryl methyl sites for hydroxylation is 2. The Morgan fingerprint density at radius 2 is 1.76 bits per heavy atom. The fourth-order valence-corrected chi connectivity index (χ4v) is 3.40. The van der Waals surface area contributed by atoms with Crippen LogP contribution < -0.4 is 14.4 Å². The summed E-state index contributed by atoms with van der Waals surface area (Å²) in [5.41, 5.74) is 5.05. The Hall–Kier alpha value is -2.69.